The Kier molecular flexibility index (Phi) is 4.52. The number of hydrogen-bond donors (Lipinski definition) is 1. The van der Waals surface area contributed by atoms with Gasteiger partial charge in [-0.25, -0.2) is 4.98 Å². The van der Waals surface area contributed by atoms with Crippen molar-refractivity contribution in [1.29, 1.82) is 0 Å². The van der Waals surface area contributed by atoms with E-state index in [0.29, 0.717) is 10.8 Å². The Labute approximate surface area is 163 Å². The molecule has 1 aromatic carbocycles. The number of rotatable bonds is 4. The second kappa shape index (κ2) is 7.01. The van der Waals surface area contributed by atoms with Crippen LogP contribution in [0.3, 0.4) is 0 Å². The maximum Gasteiger partial charge on any atom is 0.271 e. The van der Waals surface area contributed by atoms with E-state index in [1.807, 2.05) is 38.1 Å². The zero-order valence-electron chi connectivity index (χ0n) is 15.5. The van der Waals surface area contributed by atoms with E-state index in [-0.39, 0.29) is 11.5 Å². The summed E-state index contributed by atoms with van der Waals surface area (Å²) in [7, 11) is 0. The minimum absolute atomic E-state index is 0.0411. The van der Waals surface area contributed by atoms with Gasteiger partial charge in [0.15, 0.2) is 4.96 Å². The van der Waals surface area contributed by atoms with E-state index < -0.39 is 17.5 Å². The fraction of sp³-hybridized carbons (Fsp3) is 0.211. The Morgan fingerprint density at radius 3 is 2.93 bits per heavy atom. The van der Waals surface area contributed by atoms with Gasteiger partial charge < -0.3 is 9.84 Å². The van der Waals surface area contributed by atoms with Crippen LogP contribution in [0.1, 0.15) is 39.7 Å². The van der Waals surface area contributed by atoms with E-state index in [1.165, 1.54) is 21.9 Å². The number of amides is 1. The molecule has 0 aliphatic carbocycles. The van der Waals surface area contributed by atoms with E-state index in [9.17, 15) is 9.59 Å². The summed E-state index contributed by atoms with van der Waals surface area (Å²) in [6, 6.07) is 7.15. The summed E-state index contributed by atoms with van der Waals surface area (Å²) < 4.78 is 6.67. The molecule has 3 aromatic heterocycles. The molecule has 4 aromatic rings. The van der Waals surface area contributed by atoms with Crippen LogP contribution < -0.4 is 10.9 Å². The van der Waals surface area contributed by atoms with Gasteiger partial charge in [-0.3, -0.25) is 14.0 Å². The van der Waals surface area contributed by atoms with Crippen LogP contribution in [0.5, 0.6) is 0 Å². The molecule has 0 saturated heterocycles. The van der Waals surface area contributed by atoms with Crippen molar-refractivity contribution in [3.8, 4) is 11.4 Å². The summed E-state index contributed by atoms with van der Waals surface area (Å²) in [4.78, 5) is 35.1. The number of nitrogens with one attached hydrogen (secondary N) is 1. The molecule has 1 unspecified atom stereocenters. The Hall–Kier alpha value is -3.33. The molecule has 0 saturated carbocycles. The van der Waals surface area contributed by atoms with Gasteiger partial charge in [-0.1, -0.05) is 28.9 Å². The smallest absolute Gasteiger partial charge is 0.271 e. The minimum Gasteiger partial charge on any atom is -0.340 e. The average molecular weight is 395 g/mol. The van der Waals surface area contributed by atoms with Gasteiger partial charge in [-0.15, -0.1) is 11.3 Å². The second-order valence-corrected chi connectivity index (χ2v) is 7.71. The quantitative estimate of drug-likeness (QED) is 0.570. The molecule has 0 spiro atoms. The average Bonchev–Trinajstić information content (AvgIpc) is 3.28. The number of carbonyl (C=O) groups is 1. The first-order chi connectivity index (χ1) is 13.4. The number of carbonyl (C=O) groups excluding carboxylic acids is 1. The highest BCUT2D eigenvalue weighted by atomic mass is 32.1. The van der Waals surface area contributed by atoms with Crippen LogP contribution in [0.25, 0.3) is 16.3 Å². The second-order valence-electron chi connectivity index (χ2n) is 6.49. The van der Waals surface area contributed by atoms with E-state index in [4.69, 9.17) is 4.52 Å². The van der Waals surface area contributed by atoms with Crippen LogP contribution in [0.15, 0.2) is 46.0 Å². The maximum absolute atomic E-state index is 12.6. The zero-order valence-corrected chi connectivity index (χ0v) is 16.3. The number of aryl methyl sites for hydroxylation is 2. The van der Waals surface area contributed by atoms with Crippen molar-refractivity contribution in [2.24, 2.45) is 0 Å². The first kappa shape index (κ1) is 18.1. The van der Waals surface area contributed by atoms with Gasteiger partial charge in [-0.2, -0.15) is 4.98 Å². The summed E-state index contributed by atoms with van der Waals surface area (Å²) in [6.45, 7) is 5.57. The highest BCUT2D eigenvalue weighted by molar-refractivity contribution is 7.16. The van der Waals surface area contributed by atoms with E-state index in [1.54, 1.807) is 13.1 Å². The number of aromatic nitrogens is 4. The van der Waals surface area contributed by atoms with E-state index in [2.05, 4.69) is 20.4 Å². The Morgan fingerprint density at radius 2 is 2.14 bits per heavy atom. The molecule has 8 nitrogen and oxygen atoms in total. The highest BCUT2D eigenvalue weighted by Gasteiger charge is 2.21. The summed E-state index contributed by atoms with van der Waals surface area (Å²) in [5.74, 6) is 0.153. The lowest BCUT2D eigenvalue weighted by Crippen LogP contribution is -2.33. The number of thiazole rings is 1. The van der Waals surface area contributed by atoms with Crippen LogP contribution in [0, 0.1) is 13.8 Å². The third-order valence-corrected chi connectivity index (χ3v) is 5.12. The molecule has 0 radical (unpaired) electrons. The van der Waals surface area contributed by atoms with Gasteiger partial charge in [0.2, 0.25) is 11.7 Å². The van der Waals surface area contributed by atoms with Crippen molar-refractivity contribution < 1.29 is 9.32 Å². The van der Waals surface area contributed by atoms with Gasteiger partial charge in [0.1, 0.15) is 11.6 Å². The molecule has 0 aliphatic heterocycles. The lowest BCUT2D eigenvalue weighted by atomic mass is 10.1. The summed E-state index contributed by atoms with van der Waals surface area (Å²) in [5, 5.41) is 6.69. The Balaban J connectivity index is 1.55. The lowest BCUT2D eigenvalue weighted by molar-refractivity contribution is 0.0930. The summed E-state index contributed by atoms with van der Waals surface area (Å²) >= 11 is 1.39. The Morgan fingerprint density at radius 1 is 1.32 bits per heavy atom. The highest BCUT2D eigenvalue weighted by Crippen LogP contribution is 2.20. The van der Waals surface area contributed by atoms with Crippen LogP contribution in [-0.2, 0) is 0 Å². The third kappa shape index (κ3) is 3.31. The molecule has 4 rings (SSSR count). The normalized spacial score (nSPS) is 12.2. The van der Waals surface area contributed by atoms with Gasteiger partial charge in [0.25, 0.3) is 11.5 Å². The van der Waals surface area contributed by atoms with Crippen LogP contribution in [0.4, 0.5) is 0 Å². The summed E-state index contributed by atoms with van der Waals surface area (Å²) in [5.41, 5.74) is 1.46. The molecule has 1 N–H and O–H groups in total. The standard InChI is InChI=1S/C19H17N5O3S/c1-10-5-4-6-13(7-10)15-22-17(27-23-15)12(3)21-16(25)14-8-20-19-24(18(14)26)9-11(2)28-19/h4-9,12H,1-3H3,(H,21,25). The van der Waals surface area contributed by atoms with Crippen LogP contribution in [-0.4, -0.2) is 25.4 Å². The predicted octanol–water partition coefficient (Wildman–Crippen LogP) is 2.91. The number of fused-ring (bicyclic) bond motifs is 1. The van der Waals surface area contributed by atoms with E-state index in [0.717, 1.165) is 16.0 Å². The molecule has 28 heavy (non-hydrogen) atoms. The maximum atomic E-state index is 12.6. The largest absolute Gasteiger partial charge is 0.340 e. The van der Waals surface area contributed by atoms with Crippen molar-refractivity contribution in [3.05, 3.63) is 68.9 Å². The van der Waals surface area contributed by atoms with Crippen molar-refractivity contribution >= 4 is 22.2 Å². The molecule has 9 heteroatoms. The summed E-state index contributed by atoms with van der Waals surface area (Å²) in [6.07, 6.45) is 2.96. The molecular weight excluding hydrogens is 378 g/mol. The molecule has 1 amide bonds. The van der Waals surface area contributed by atoms with Crippen molar-refractivity contribution in [1.82, 2.24) is 24.8 Å². The number of nitrogens with zero attached hydrogens (tertiary/aromatic N) is 4. The zero-order chi connectivity index (χ0) is 19.8. The topological polar surface area (TPSA) is 102 Å². The molecule has 0 bridgehead atoms. The first-order valence-corrected chi connectivity index (χ1v) is 9.43. The van der Waals surface area contributed by atoms with Gasteiger partial charge in [0.05, 0.1) is 0 Å². The molecule has 0 aliphatic rings. The molecule has 3 heterocycles. The van der Waals surface area contributed by atoms with Crippen LogP contribution >= 0.6 is 11.3 Å². The molecule has 0 fully saturated rings. The molecule has 142 valence electrons. The fourth-order valence-electron chi connectivity index (χ4n) is 2.80. The predicted molar refractivity (Wildman–Crippen MR) is 104 cm³/mol. The lowest BCUT2D eigenvalue weighted by Gasteiger charge is -2.09. The first-order valence-electron chi connectivity index (χ1n) is 8.61. The monoisotopic (exact) mass is 395 g/mol. The van der Waals surface area contributed by atoms with E-state index >= 15 is 0 Å². The van der Waals surface area contributed by atoms with Crippen molar-refractivity contribution in [2.45, 2.75) is 26.8 Å². The van der Waals surface area contributed by atoms with Gasteiger partial charge in [0, 0.05) is 22.8 Å². The SMILES string of the molecule is Cc1cccc(-c2noc(C(C)NC(=O)c3cnc4sc(C)cn4c3=O)n2)c1. The number of benzene rings is 1. The van der Waals surface area contributed by atoms with Crippen LogP contribution in [0.2, 0.25) is 0 Å². The van der Waals surface area contributed by atoms with Crippen molar-refractivity contribution in [2.75, 3.05) is 0 Å². The molecule has 1 atom stereocenters. The van der Waals surface area contributed by atoms with Gasteiger partial charge in [-0.05, 0) is 26.8 Å². The number of hydrogen-bond acceptors (Lipinski definition) is 7. The Bertz CT molecular complexity index is 1240. The van der Waals surface area contributed by atoms with Crippen molar-refractivity contribution in [3.63, 3.8) is 0 Å². The molecular formula is C19H17N5O3S. The third-order valence-electron chi connectivity index (χ3n) is 4.20. The minimum atomic E-state index is -0.567. The van der Waals surface area contributed by atoms with Gasteiger partial charge >= 0.3 is 0 Å². The fourth-order valence-corrected chi connectivity index (χ4v) is 3.59.